The summed E-state index contributed by atoms with van der Waals surface area (Å²) in [5.41, 5.74) is 1.44. The first kappa shape index (κ1) is 24.7. The van der Waals surface area contributed by atoms with Crippen LogP contribution in [-0.2, 0) is 29.8 Å². The molecule has 2 N–H and O–H groups in total. The van der Waals surface area contributed by atoms with Gasteiger partial charge in [0.1, 0.15) is 6.04 Å². The number of esters is 2. The molecule has 1 aliphatic heterocycles. The van der Waals surface area contributed by atoms with Crippen LogP contribution in [0, 0.1) is 0 Å². The van der Waals surface area contributed by atoms with Crippen molar-refractivity contribution in [3.8, 4) is 0 Å². The number of aryl methyl sites for hydroxylation is 1. The van der Waals surface area contributed by atoms with Gasteiger partial charge in [-0.3, -0.25) is 4.79 Å². The number of hydrogen-bond acceptors (Lipinski definition) is 7. The van der Waals surface area contributed by atoms with E-state index in [1.165, 1.54) is 6.92 Å². The molecule has 8 nitrogen and oxygen atoms in total. The molecule has 1 saturated heterocycles. The lowest BCUT2D eigenvalue weighted by molar-refractivity contribution is -0.165. The molecule has 0 radical (unpaired) electrons. The predicted octanol–water partition coefficient (Wildman–Crippen LogP) is 3.34. The van der Waals surface area contributed by atoms with Gasteiger partial charge < -0.3 is 15.4 Å². The lowest BCUT2D eigenvalue weighted by atomic mass is 10.1. The molecule has 0 aromatic heterocycles. The van der Waals surface area contributed by atoms with Crippen LogP contribution in [0.15, 0.2) is 60.7 Å². The predicted molar refractivity (Wildman–Crippen MR) is 123 cm³/mol. The molecule has 3 rings (SSSR count). The average Bonchev–Trinajstić information content (AvgIpc) is 3.38. The summed E-state index contributed by atoms with van der Waals surface area (Å²) < 4.78 is 23.3. The van der Waals surface area contributed by atoms with Crippen LogP contribution in [0.3, 0.4) is 0 Å². The number of benzene rings is 2. The summed E-state index contributed by atoms with van der Waals surface area (Å²) in [6.07, 6.45) is 1.09. The van der Waals surface area contributed by atoms with E-state index in [0.717, 1.165) is 12.0 Å². The van der Waals surface area contributed by atoms with Crippen molar-refractivity contribution in [2.45, 2.75) is 50.5 Å². The van der Waals surface area contributed by atoms with Crippen molar-refractivity contribution in [1.29, 1.82) is 0 Å². The van der Waals surface area contributed by atoms with Gasteiger partial charge in [0, 0.05) is 12.0 Å². The van der Waals surface area contributed by atoms with E-state index >= 15 is 0 Å². The number of amides is 1. The second kappa shape index (κ2) is 12.3. The van der Waals surface area contributed by atoms with Crippen LogP contribution < -0.4 is 10.6 Å². The molecule has 0 saturated carbocycles. The average molecular weight is 471 g/mol. The Bertz CT molecular complexity index is 963. The van der Waals surface area contributed by atoms with Crippen molar-refractivity contribution in [3.63, 3.8) is 0 Å². The zero-order valence-corrected chi connectivity index (χ0v) is 19.3. The first-order valence-corrected chi connectivity index (χ1v) is 12.2. The molecule has 2 aromatic rings. The van der Waals surface area contributed by atoms with Crippen LogP contribution in [0.2, 0.25) is 0 Å². The number of ether oxygens (including phenoxy) is 1. The SMILES string of the molecule is CC(O[P+](=O)C(CCc1ccccc1)NC(=O)c1ccccc1)C(=O)OC(=O)[C@@H]1CCCN1. The van der Waals surface area contributed by atoms with E-state index in [4.69, 9.17) is 9.26 Å². The fourth-order valence-electron chi connectivity index (χ4n) is 3.41. The van der Waals surface area contributed by atoms with Gasteiger partial charge >= 0.3 is 20.0 Å². The van der Waals surface area contributed by atoms with Gasteiger partial charge in [-0.25, -0.2) is 9.59 Å². The molecular formula is C24H28N2O6P+. The highest BCUT2D eigenvalue weighted by Crippen LogP contribution is 2.33. The minimum absolute atomic E-state index is 0.338. The largest absolute Gasteiger partial charge is 0.534 e. The molecule has 2 aromatic carbocycles. The molecule has 1 heterocycles. The van der Waals surface area contributed by atoms with Gasteiger partial charge in [0.15, 0.2) is 0 Å². The lowest BCUT2D eigenvalue weighted by Gasteiger charge is -2.12. The summed E-state index contributed by atoms with van der Waals surface area (Å²) in [6.45, 7) is 2.06. The maximum absolute atomic E-state index is 13.0. The maximum atomic E-state index is 13.0. The standard InChI is InChI=1S/C24H27N2O6P/c1-17(23(28)31-24(29)20-13-8-16-25-20)32-33(30)21(15-14-18-9-4-2-5-10-18)26-22(27)19-11-6-3-7-12-19/h2-7,9-12,17,20-21,25H,8,13-16H2,1H3/p+1/t17?,20-,21?/m0/s1. The van der Waals surface area contributed by atoms with Crippen molar-refractivity contribution < 1.29 is 28.2 Å². The van der Waals surface area contributed by atoms with Gasteiger partial charge in [0.2, 0.25) is 6.10 Å². The van der Waals surface area contributed by atoms with Crippen LogP contribution >= 0.6 is 8.03 Å². The molecule has 174 valence electrons. The van der Waals surface area contributed by atoms with Crippen LogP contribution in [0.4, 0.5) is 0 Å². The molecule has 0 aliphatic carbocycles. The molecular weight excluding hydrogens is 443 g/mol. The summed E-state index contributed by atoms with van der Waals surface area (Å²) in [5.74, 6) is -2.80. The first-order valence-electron chi connectivity index (χ1n) is 11.0. The lowest BCUT2D eigenvalue weighted by Crippen LogP contribution is -2.37. The Morgan fingerprint density at radius 2 is 1.76 bits per heavy atom. The van der Waals surface area contributed by atoms with Crippen molar-refractivity contribution in [1.82, 2.24) is 10.6 Å². The number of carbonyl (C=O) groups excluding carboxylic acids is 3. The highest BCUT2D eigenvalue weighted by atomic mass is 31.1. The van der Waals surface area contributed by atoms with Crippen LogP contribution in [-0.4, -0.2) is 42.3 Å². The minimum atomic E-state index is -2.48. The quantitative estimate of drug-likeness (QED) is 0.311. The highest BCUT2D eigenvalue weighted by molar-refractivity contribution is 7.40. The Labute approximate surface area is 193 Å². The Morgan fingerprint density at radius 1 is 1.09 bits per heavy atom. The molecule has 1 aliphatic rings. The highest BCUT2D eigenvalue weighted by Gasteiger charge is 2.39. The minimum Gasteiger partial charge on any atom is -0.390 e. The molecule has 0 bridgehead atoms. The van der Waals surface area contributed by atoms with E-state index in [0.29, 0.717) is 31.4 Å². The van der Waals surface area contributed by atoms with Crippen LogP contribution in [0.1, 0.15) is 42.1 Å². The molecule has 3 unspecified atom stereocenters. The summed E-state index contributed by atoms with van der Waals surface area (Å²) >= 11 is 0. The van der Waals surface area contributed by atoms with Gasteiger partial charge in [-0.2, -0.15) is 0 Å². The van der Waals surface area contributed by atoms with Crippen molar-refractivity contribution in [3.05, 3.63) is 71.8 Å². The summed E-state index contributed by atoms with van der Waals surface area (Å²) in [5, 5.41) is 5.71. The normalized spacial score (nSPS) is 17.6. The molecule has 1 amide bonds. The third kappa shape index (κ3) is 7.56. The number of rotatable bonds is 10. The second-order valence-corrected chi connectivity index (χ2v) is 9.21. The Hall–Kier alpha value is -2.93. The van der Waals surface area contributed by atoms with E-state index in [1.54, 1.807) is 30.3 Å². The van der Waals surface area contributed by atoms with Crippen LogP contribution in [0.25, 0.3) is 0 Å². The van der Waals surface area contributed by atoms with E-state index in [1.807, 2.05) is 30.3 Å². The first-order chi connectivity index (χ1) is 15.9. The number of hydrogen-bond donors (Lipinski definition) is 2. The molecule has 9 heteroatoms. The third-order valence-corrected chi connectivity index (χ3v) is 6.70. The molecule has 4 atom stereocenters. The van der Waals surface area contributed by atoms with Crippen molar-refractivity contribution in [2.75, 3.05) is 6.54 Å². The monoisotopic (exact) mass is 471 g/mol. The van der Waals surface area contributed by atoms with Gasteiger partial charge in [0.25, 0.3) is 11.7 Å². The summed E-state index contributed by atoms with van der Waals surface area (Å²) in [6, 6.07) is 17.6. The maximum Gasteiger partial charge on any atom is 0.534 e. The van der Waals surface area contributed by atoms with Gasteiger partial charge in [-0.1, -0.05) is 48.5 Å². The third-order valence-electron chi connectivity index (χ3n) is 5.28. The Morgan fingerprint density at radius 3 is 2.39 bits per heavy atom. The smallest absolute Gasteiger partial charge is 0.390 e. The van der Waals surface area contributed by atoms with Gasteiger partial charge in [0.05, 0.1) is 0 Å². The van der Waals surface area contributed by atoms with Crippen molar-refractivity contribution >= 4 is 25.9 Å². The van der Waals surface area contributed by atoms with E-state index in [9.17, 15) is 18.9 Å². The fraction of sp³-hybridized carbons (Fsp3) is 0.375. The Balaban J connectivity index is 1.61. The van der Waals surface area contributed by atoms with Gasteiger partial charge in [-0.15, -0.1) is 4.52 Å². The van der Waals surface area contributed by atoms with Crippen molar-refractivity contribution in [2.24, 2.45) is 0 Å². The zero-order chi connectivity index (χ0) is 23.6. The molecule has 0 spiro atoms. The fourth-order valence-corrected chi connectivity index (χ4v) is 4.52. The topological polar surface area (TPSA) is 111 Å². The Kier molecular flexibility index (Phi) is 9.24. The van der Waals surface area contributed by atoms with Gasteiger partial charge in [-0.05, 0) is 55.0 Å². The van der Waals surface area contributed by atoms with E-state index in [2.05, 4.69) is 10.6 Å². The molecule has 33 heavy (non-hydrogen) atoms. The number of carbonyl (C=O) groups is 3. The number of nitrogens with one attached hydrogen (secondary N) is 2. The van der Waals surface area contributed by atoms with Crippen LogP contribution in [0.5, 0.6) is 0 Å². The molecule has 1 fully saturated rings. The summed E-state index contributed by atoms with van der Waals surface area (Å²) in [4.78, 5) is 37.0. The second-order valence-electron chi connectivity index (χ2n) is 7.80. The van der Waals surface area contributed by atoms with E-state index < -0.39 is 43.8 Å². The van der Waals surface area contributed by atoms with E-state index in [-0.39, 0.29) is 0 Å². The zero-order valence-electron chi connectivity index (χ0n) is 18.4. The summed E-state index contributed by atoms with van der Waals surface area (Å²) in [7, 11) is -2.48.